The third kappa shape index (κ3) is 4.95. The van der Waals surface area contributed by atoms with Crippen molar-refractivity contribution in [1.29, 1.82) is 0 Å². The Labute approximate surface area is 175 Å². The van der Waals surface area contributed by atoms with Crippen molar-refractivity contribution in [2.24, 2.45) is 0 Å². The molecule has 2 aromatic carbocycles. The summed E-state index contributed by atoms with van der Waals surface area (Å²) in [4.78, 5) is 24.5. The van der Waals surface area contributed by atoms with E-state index in [1.807, 2.05) is 38.1 Å². The van der Waals surface area contributed by atoms with Gasteiger partial charge in [0, 0.05) is 22.6 Å². The zero-order valence-electron chi connectivity index (χ0n) is 17.3. The van der Waals surface area contributed by atoms with Gasteiger partial charge in [0.25, 0.3) is 0 Å². The standard InChI is InChI=1S/C24H24FNO4/c1-16-7-4-5-10-23(16)29-12-11-24(28)30-15-22(27)21-13-17(2)26(18(21)3)20-9-6-8-19(25)14-20/h4-10,13-14H,11-12,15H2,1-3H3. The Hall–Kier alpha value is -3.41. The second-order valence-corrected chi connectivity index (χ2v) is 7.05. The van der Waals surface area contributed by atoms with Crippen molar-refractivity contribution in [3.05, 3.63) is 82.9 Å². The summed E-state index contributed by atoms with van der Waals surface area (Å²) in [7, 11) is 0. The zero-order chi connectivity index (χ0) is 21.7. The second kappa shape index (κ2) is 9.39. The highest BCUT2D eigenvalue weighted by atomic mass is 19.1. The molecule has 0 unspecified atom stereocenters. The van der Waals surface area contributed by atoms with Crippen LogP contribution in [0.2, 0.25) is 0 Å². The fourth-order valence-electron chi connectivity index (χ4n) is 3.32. The van der Waals surface area contributed by atoms with Crippen LogP contribution in [-0.2, 0) is 9.53 Å². The summed E-state index contributed by atoms with van der Waals surface area (Å²) in [5.74, 6) is -0.448. The van der Waals surface area contributed by atoms with Gasteiger partial charge in [-0.05, 0) is 56.7 Å². The first-order chi connectivity index (χ1) is 14.4. The molecule has 0 N–H and O–H groups in total. The van der Waals surface area contributed by atoms with E-state index in [1.165, 1.54) is 12.1 Å². The lowest BCUT2D eigenvalue weighted by atomic mass is 10.1. The van der Waals surface area contributed by atoms with Gasteiger partial charge in [0.15, 0.2) is 6.61 Å². The fraction of sp³-hybridized carbons (Fsp3) is 0.250. The van der Waals surface area contributed by atoms with Crippen molar-refractivity contribution in [2.75, 3.05) is 13.2 Å². The minimum atomic E-state index is -0.504. The molecule has 1 heterocycles. The van der Waals surface area contributed by atoms with E-state index in [1.54, 1.807) is 29.7 Å². The van der Waals surface area contributed by atoms with Crippen LogP contribution in [-0.4, -0.2) is 29.5 Å². The van der Waals surface area contributed by atoms with Crippen molar-refractivity contribution in [2.45, 2.75) is 27.2 Å². The van der Waals surface area contributed by atoms with Crippen LogP contribution >= 0.6 is 0 Å². The molecule has 0 atom stereocenters. The number of ether oxygens (including phenoxy) is 2. The summed E-state index contributed by atoms with van der Waals surface area (Å²) >= 11 is 0. The van der Waals surface area contributed by atoms with Crippen molar-refractivity contribution in [3.8, 4) is 11.4 Å². The molecule has 5 nitrogen and oxygen atoms in total. The molecule has 0 bridgehead atoms. The molecule has 0 saturated carbocycles. The molecule has 0 aliphatic carbocycles. The molecule has 0 aliphatic rings. The number of halogens is 1. The van der Waals surface area contributed by atoms with Gasteiger partial charge in [-0.25, -0.2) is 4.39 Å². The molecule has 156 valence electrons. The Bertz CT molecular complexity index is 1070. The van der Waals surface area contributed by atoms with E-state index in [2.05, 4.69) is 0 Å². The molecule has 0 saturated heterocycles. The molecule has 0 radical (unpaired) electrons. The first-order valence-corrected chi connectivity index (χ1v) is 9.69. The van der Waals surface area contributed by atoms with Crippen molar-refractivity contribution >= 4 is 11.8 Å². The van der Waals surface area contributed by atoms with E-state index >= 15 is 0 Å². The lowest BCUT2D eigenvalue weighted by Gasteiger charge is -2.10. The molecule has 0 fully saturated rings. The van der Waals surface area contributed by atoms with Crippen molar-refractivity contribution in [3.63, 3.8) is 0 Å². The predicted molar refractivity (Wildman–Crippen MR) is 112 cm³/mol. The van der Waals surface area contributed by atoms with Crippen LogP contribution in [0.3, 0.4) is 0 Å². The number of ketones is 1. The number of esters is 1. The summed E-state index contributed by atoms with van der Waals surface area (Å²) in [5, 5.41) is 0. The summed E-state index contributed by atoms with van der Waals surface area (Å²) in [5.41, 5.74) is 3.52. The smallest absolute Gasteiger partial charge is 0.309 e. The van der Waals surface area contributed by atoms with Gasteiger partial charge < -0.3 is 14.0 Å². The maximum absolute atomic E-state index is 13.6. The van der Waals surface area contributed by atoms with Gasteiger partial charge in [-0.2, -0.15) is 0 Å². The molecular formula is C24H24FNO4. The van der Waals surface area contributed by atoms with Crippen molar-refractivity contribution in [1.82, 2.24) is 4.57 Å². The molecule has 3 aromatic rings. The Balaban J connectivity index is 1.57. The van der Waals surface area contributed by atoms with Gasteiger partial charge >= 0.3 is 5.97 Å². The highest BCUT2D eigenvalue weighted by molar-refractivity contribution is 5.99. The summed E-state index contributed by atoms with van der Waals surface area (Å²) < 4.78 is 26.1. The van der Waals surface area contributed by atoms with Gasteiger partial charge in [0.05, 0.1) is 13.0 Å². The Morgan fingerprint density at radius 3 is 2.50 bits per heavy atom. The normalized spacial score (nSPS) is 10.7. The van der Waals surface area contributed by atoms with E-state index in [0.29, 0.717) is 22.7 Å². The number of aromatic nitrogens is 1. The summed E-state index contributed by atoms with van der Waals surface area (Å²) in [6.07, 6.45) is 0.0456. The van der Waals surface area contributed by atoms with E-state index in [0.717, 1.165) is 11.3 Å². The van der Waals surface area contributed by atoms with Crippen LogP contribution in [0.4, 0.5) is 4.39 Å². The average Bonchev–Trinajstić information content (AvgIpc) is 3.01. The number of aryl methyl sites for hydroxylation is 2. The maximum atomic E-state index is 13.6. The van der Waals surface area contributed by atoms with Crippen LogP contribution < -0.4 is 4.74 Å². The van der Waals surface area contributed by atoms with Gasteiger partial charge in [-0.1, -0.05) is 24.3 Å². The van der Waals surface area contributed by atoms with Crippen LogP contribution in [0.1, 0.15) is 33.7 Å². The van der Waals surface area contributed by atoms with E-state index < -0.39 is 5.97 Å². The molecule has 3 rings (SSSR count). The first-order valence-electron chi connectivity index (χ1n) is 9.69. The molecule has 1 aromatic heterocycles. The first kappa shape index (κ1) is 21.3. The largest absolute Gasteiger partial charge is 0.493 e. The molecule has 0 amide bonds. The molecule has 30 heavy (non-hydrogen) atoms. The number of hydrogen-bond donors (Lipinski definition) is 0. The summed E-state index contributed by atoms with van der Waals surface area (Å²) in [6.45, 7) is 5.36. The zero-order valence-corrected chi connectivity index (χ0v) is 17.3. The fourth-order valence-corrected chi connectivity index (χ4v) is 3.32. The monoisotopic (exact) mass is 409 g/mol. The number of rotatable bonds is 8. The number of hydrogen-bond acceptors (Lipinski definition) is 4. The third-order valence-electron chi connectivity index (χ3n) is 4.82. The lowest BCUT2D eigenvalue weighted by molar-refractivity contribution is -0.143. The minimum absolute atomic E-state index is 0.0456. The van der Waals surface area contributed by atoms with E-state index in [9.17, 15) is 14.0 Å². The second-order valence-electron chi connectivity index (χ2n) is 7.05. The van der Waals surface area contributed by atoms with Gasteiger partial charge in [0.1, 0.15) is 11.6 Å². The van der Waals surface area contributed by atoms with Crippen molar-refractivity contribution < 1.29 is 23.5 Å². The highest BCUT2D eigenvalue weighted by Gasteiger charge is 2.18. The topological polar surface area (TPSA) is 57.5 Å². The quantitative estimate of drug-likeness (QED) is 0.398. The molecule has 0 aliphatic heterocycles. The third-order valence-corrected chi connectivity index (χ3v) is 4.82. The van der Waals surface area contributed by atoms with E-state index in [4.69, 9.17) is 9.47 Å². The van der Waals surface area contributed by atoms with Crippen LogP contribution in [0.5, 0.6) is 5.75 Å². The van der Waals surface area contributed by atoms with Crippen LogP contribution in [0.25, 0.3) is 5.69 Å². The predicted octanol–water partition coefficient (Wildman–Crippen LogP) is 4.74. The Morgan fingerprint density at radius 2 is 1.77 bits per heavy atom. The highest BCUT2D eigenvalue weighted by Crippen LogP contribution is 2.22. The van der Waals surface area contributed by atoms with Crippen LogP contribution in [0.15, 0.2) is 54.6 Å². The number of carbonyl (C=O) groups excluding carboxylic acids is 2. The maximum Gasteiger partial charge on any atom is 0.309 e. The number of para-hydroxylation sites is 1. The lowest BCUT2D eigenvalue weighted by Crippen LogP contribution is -2.16. The molecular weight excluding hydrogens is 385 g/mol. The number of Topliss-reactive ketones (excluding diaryl/α,β-unsaturated/α-hetero) is 1. The molecule has 6 heteroatoms. The molecule has 0 spiro atoms. The summed E-state index contributed by atoms with van der Waals surface area (Å²) in [6, 6.07) is 15.4. The number of nitrogens with zero attached hydrogens (tertiary/aromatic N) is 1. The minimum Gasteiger partial charge on any atom is -0.493 e. The number of benzene rings is 2. The van der Waals surface area contributed by atoms with Crippen LogP contribution in [0, 0.1) is 26.6 Å². The Morgan fingerprint density at radius 1 is 1.00 bits per heavy atom. The average molecular weight is 409 g/mol. The van der Waals surface area contributed by atoms with Gasteiger partial charge in [-0.3, -0.25) is 9.59 Å². The van der Waals surface area contributed by atoms with E-state index in [-0.39, 0.29) is 31.2 Å². The Kier molecular flexibility index (Phi) is 6.67. The SMILES string of the molecule is Cc1ccccc1OCCC(=O)OCC(=O)c1cc(C)n(-c2cccc(F)c2)c1C. The number of carbonyl (C=O) groups is 2. The van der Waals surface area contributed by atoms with Gasteiger partial charge in [0.2, 0.25) is 5.78 Å². The van der Waals surface area contributed by atoms with Gasteiger partial charge in [-0.15, -0.1) is 0 Å².